The highest BCUT2D eigenvalue weighted by Crippen LogP contribution is 2.21. The van der Waals surface area contributed by atoms with Crippen LogP contribution in [0.2, 0.25) is 0 Å². The molecule has 2 atom stereocenters. The van der Waals surface area contributed by atoms with Crippen LogP contribution >= 0.6 is 0 Å². The van der Waals surface area contributed by atoms with E-state index in [1.54, 1.807) is 12.1 Å². The fourth-order valence-corrected chi connectivity index (χ4v) is 4.98. The van der Waals surface area contributed by atoms with Gasteiger partial charge in [-0.15, -0.1) is 0 Å². The number of sulfonamides is 1. The second kappa shape index (κ2) is 7.43. The maximum atomic E-state index is 12.7. The van der Waals surface area contributed by atoms with Crippen LogP contribution in [0, 0.1) is 5.92 Å². The first kappa shape index (κ1) is 18.4. The topological polar surface area (TPSA) is 66.9 Å². The molecule has 0 saturated carbocycles. The molecule has 0 N–H and O–H groups in total. The molecular formula is C18H26N2O4S. The number of carbonyl (C=O) groups is 1. The minimum Gasteiger partial charge on any atom is -0.376 e. The second-order valence-electron chi connectivity index (χ2n) is 7.07. The molecule has 0 spiro atoms. The quantitative estimate of drug-likeness (QED) is 0.820. The number of nitrogens with zero attached hydrogens (tertiary/aromatic N) is 2. The first-order valence-corrected chi connectivity index (χ1v) is 10.3. The van der Waals surface area contributed by atoms with Crippen molar-refractivity contribution < 1.29 is 17.9 Å². The van der Waals surface area contributed by atoms with E-state index in [1.165, 1.54) is 16.4 Å². The highest BCUT2D eigenvalue weighted by molar-refractivity contribution is 7.89. The Morgan fingerprint density at radius 3 is 2.48 bits per heavy atom. The number of amides is 1. The van der Waals surface area contributed by atoms with E-state index < -0.39 is 10.0 Å². The number of ether oxygens (including phenoxy) is 1. The van der Waals surface area contributed by atoms with Gasteiger partial charge in [0.05, 0.1) is 17.6 Å². The molecule has 0 aromatic heterocycles. The number of benzene rings is 1. The lowest BCUT2D eigenvalue weighted by atomic mass is 9.99. The van der Waals surface area contributed by atoms with Crippen molar-refractivity contribution in [2.75, 3.05) is 32.8 Å². The molecule has 2 saturated heterocycles. The van der Waals surface area contributed by atoms with Gasteiger partial charge in [-0.05, 0) is 49.9 Å². The van der Waals surface area contributed by atoms with E-state index in [1.807, 2.05) is 11.8 Å². The molecule has 1 amide bonds. The number of hydrogen-bond donors (Lipinski definition) is 0. The summed E-state index contributed by atoms with van der Waals surface area (Å²) in [4.78, 5) is 14.7. The molecular weight excluding hydrogens is 340 g/mol. The molecule has 7 heteroatoms. The van der Waals surface area contributed by atoms with Gasteiger partial charge in [0.1, 0.15) is 0 Å². The van der Waals surface area contributed by atoms with Crippen LogP contribution in [0.25, 0.3) is 0 Å². The van der Waals surface area contributed by atoms with Crippen LogP contribution in [0.3, 0.4) is 0 Å². The fraction of sp³-hybridized carbons (Fsp3) is 0.611. The molecule has 0 aliphatic carbocycles. The van der Waals surface area contributed by atoms with Crippen molar-refractivity contribution in [3.05, 3.63) is 29.8 Å². The fourth-order valence-electron chi connectivity index (χ4n) is 3.48. The molecule has 6 nitrogen and oxygen atoms in total. The molecule has 1 aromatic carbocycles. The summed E-state index contributed by atoms with van der Waals surface area (Å²) in [6.07, 6.45) is 2.07. The van der Waals surface area contributed by atoms with Gasteiger partial charge in [0.25, 0.3) is 5.91 Å². The molecule has 25 heavy (non-hydrogen) atoms. The highest BCUT2D eigenvalue weighted by Gasteiger charge is 2.29. The first-order chi connectivity index (χ1) is 11.9. The Labute approximate surface area is 149 Å². The predicted molar refractivity (Wildman–Crippen MR) is 94.9 cm³/mol. The summed E-state index contributed by atoms with van der Waals surface area (Å²) < 4.78 is 32.3. The van der Waals surface area contributed by atoms with Crippen LogP contribution in [-0.2, 0) is 14.8 Å². The molecule has 2 aliphatic heterocycles. The Balaban J connectivity index is 1.74. The number of rotatable bonds is 3. The normalized spacial score (nSPS) is 25.8. The summed E-state index contributed by atoms with van der Waals surface area (Å²) in [5, 5.41) is 0. The van der Waals surface area contributed by atoms with Gasteiger partial charge in [0.15, 0.2) is 0 Å². The predicted octanol–water partition coefficient (Wildman–Crippen LogP) is 1.97. The third-order valence-corrected chi connectivity index (χ3v) is 6.77. The Kier molecular flexibility index (Phi) is 5.46. The molecule has 2 aliphatic rings. The van der Waals surface area contributed by atoms with Crippen LogP contribution in [0.4, 0.5) is 0 Å². The van der Waals surface area contributed by atoms with E-state index in [2.05, 4.69) is 6.92 Å². The maximum Gasteiger partial charge on any atom is 0.253 e. The second-order valence-corrected chi connectivity index (χ2v) is 9.01. The number of likely N-dealkylation sites (tertiary alicyclic amines) is 1. The molecule has 2 heterocycles. The van der Waals surface area contributed by atoms with Gasteiger partial charge in [0.2, 0.25) is 10.0 Å². The van der Waals surface area contributed by atoms with Gasteiger partial charge in [-0.3, -0.25) is 4.79 Å². The average molecular weight is 366 g/mol. The number of piperidine rings is 1. The molecule has 0 bridgehead atoms. The molecule has 0 radical (unpaired) electrons. The summed E-state index contributed by atoms with van der Waals surface area (Å²) >= 11 is 0. The van der Waals surface area contributed by atoms with Gasteiger partial charge in [-0.25, -0.2) is 8.42 Å². The van der Waals surface area contributed by atoms with Gasteiger partial charge >= 0.3 is 0 Å². The lowest BCUT2D eigenvalue weighted by Crippen LogP contribution is -2.44. The zero-order valence-electron chi connectivity index (χ0n) is 14.8. The molecule has 138 valence electrons. The molecule has 2 unspecified atom stereocenters. The van der Waals surface area contributed by atoms with Crippen molar-refractivity contribution in [3.63, 3.8) is 0 Å². The van der Waals surface area contributed by atoms with Crippen molar-refractivity contribution in [3.8, 4) is 0 Å². The zero-order chi connectivity index (χ0) is 18.0. The Bertz CT molecular complexity index is 717. The van der Waals surface area contributed by atoms with Gasteiger partial charge in [-0.2, -0.15) is 4.31 Å². The minimum absolute atomic E-state index is 0.0181. The van der Waals surface area contributed by atoms with E-state index in [4.69, 9.17) is 4.74 Å². The summed E-state index contributed by atoms with van der Waals surface area (Å²) in [6, 6.07) is 6.32. The number of carbonyl (C=O) groups excluding carboxylic acids is 1. The van der Waals surface area contributed by atoms with Crippen molar-refractivity contribution in [1.82, 2.24) is 9.21 Å². The summed E-state index contributed by atoms with van der Waals surface area (Å²) in [7, 11) is -3.54. The SMILES string of the molecule is CC1CCCN(C(=O)c2ccc(S(=O)(=O)N3CCOC(C)C3)cc2)C1. The van der Waals surface area contributed by atoms with E-state index in [0.29, 0.717) is 31.2 Å². The highest BCUT2D eigenvalue weighted by atomic mass is 32.2. The molecule has 2 fully saturated rings. The molecule has 3 rings (SSSR count). The summed E-state index contributed by atoms with van der Waals surface area (Å²) in [5.74, 6) is 0.496. The smallest absolute Gasteiger partial charge is 0.253 e. The van der Waals surface area contributed by atoms with Crippen LogP contribution in [-0.4, -0.2) is 62.4 Å². The van der Waals surface area contributed by atoms with E-state index in [9.17, 15) is 13.2 Å². The Morgan fingerprint density at radius 1 is 1.12 bits per heavy atom. The zero-order valence-corrected chi connectivity index (χ0v) is 15.7. The number of hydrogen-bond acceptors (Lipinski definition) is 4. The van der Waals surface area contributed by atoms with Gasteiger partial charge in [-0.1, -0.05) is 6.92 Å². The van der Waals surface area contributed by atoms with Gasteiger partial charge < -0.3 is 9.64 Å². The average Bonchev–Trinajstić information content (AvgIpc) is 2.61. The lowest BCUT2D eigenvalue weighted by molar-refractivity contribution is 0.0102. The largest absolute Gasteiger partial charge is 0.376 e. The maximum absolute atomic E-state index is 12.7. The van der Waals surface area contributed by atoms with Crippen molar-refractivity contribution >= 4 is 15.9 Å². The van der Waals surface area contributed by atoms with Crippen molar-refractivity contribution in [2.24, 2.45) is 5.92 Å². The van der Waals surface area contributed by atoms with Gasteiger partial charge in [0, 0.05) is 31.7 Å². The third-order valence-electron chi connectivity index (χ3n) is 4.89. The van der Waals surface area contributed by atoms with E-state index >= 15 is 0 Å². The van der Waals surface area contributed by atoms with Crippen molar-refractivity contribution in [2.45, 2.75) is 37.7 Å². The standard InChI is InChI=1S/C18H26N2O4S/c1-14-4-3-9-19(12-14)18(21)16-5-7-17(8-6-16)25(22,23)20-10-11-24-15(2)13-20/h5-8,14-15H,3-4,9-13H2,1-2H3. The minimum atomic E-state index is -3.54. The van der Waals surface area contributed by atoms with Crippen molar-refractivity contribution in [1.29, 1.82) is 0 Å². The Morgan fingerprint density at radius 2 is 1.84 bits per heavy atom. The van der Waals surface area contributed by atoms with Crippen LogP contribution in [0.15, 0.2) is 29.2 Å². The van der Waals surface area contributed by atoms with E-state index in [-0.39, 0.29) is 16.9 Å². The van der Waals surface area contributed by atoms with Crippen LogP contribution in [0.1, 0.15) is 37.0 Å². The van der Waals surface area contributed by atoms with Crippen LogP contribution < -0.4 is 0 Å². The summed E-state index contributed by atoms with van der Waals surface area (Å²) in [5.41, 5.74) is 0.545. The lowest BCUT2D eigenvalue weighted by Gasteiger charge is -2.31. The Hall–Kier alpha value is -1.44. The van der Waals surface area contributed by atoms with E-state index in [0.717, 1.165) is 25.9 Å². The molecule has 1 aromatic rings. The number of morpholine rings is 1. The summed E-state index contributed by atoms with van der Waals surface area (Å²) in [6.45, 7) is 6.68. The monoisotopic (exact) mass is 366 g/mol. The van der Waals surface area contributed by atoms with Crippen LogP contribution in [0.5, 0.6) is 0 Å². The first-order valence-electron chi connectivity index (χ1n) is 8.89. The third kappa shape index (κ3) is 4.04.